The molecule has 0 heterocycles. The number of nitrogens with two attached hydrogens (primary N) is 1. The minimum Gasteiger partial charge on any atom is -0.321 e. The van der Waals surface area contributed by atoms with Crippen LogP contribution in [-0.2, 0) is 11.2 Å². The molecule has 0 aromatic heterocycles. The molecule has 70 valence electrons. The van der Waals surface area contributed by atoms with Crippen LogP contribution >= 0.6 is 15.9 Å². The lowest BCUT2D eigenvalue weighted by atomic mass is 10.0. The van der Waals surface area contributed by atoms with Crippen molar-refractivity contribution in [3.8, 4) is 0 Å². The van der Waals surface area contributed by atoms with Crippen LogP contribution in [0.4, 0.5) is 0 Å². The Kier molecular flexibility index (Phi) is 4.12. The minimum atomic E-state index is -0.387. The molecule has 2 nitrogen and oxygen atoms in total. The van der Waals surface area contributed by atoms with Crippen LogP contribution in [0.25, 0.3) is 0 Å². The number of Topliss-reactive ketones (excluding diaryl/α,β-unsaturated/α-hetero) is 1. The van der Waals surface area contributed by atoms with E-state index in [-0.39, 0.29) is 11.8 Å². The second-order valence-electron chi connectivity index (χ2n) is 2.90. The van der Waals surface area contributed by atoms with Gasteiger partial charge in [-0.2, -0.15) is 0 Å². The summed E-state index contributed by atoms with van der Waals surface area (Å²) in [5, 5.41) is 0.334. The zero-order chi connectivity index (χ0) is 9.68. The first-order valence-electron chi connectivity index (χ1n) is 4.12. The van der Waals surface area contributed by atoms with Gasteiger partial charge in [-0.3, -0.25) is 4.79 Å². The van der Waals surface area contributed by atoms with Crippen molar-refractivity contribution in [2.75, 3.05) is 5.33 Å². The number of hydrogen-bond donors (Lipinski definition) is 1. The Morgan fingerprint density at radius 3 is 2.54 bits per heavy atom. The predicted octanol–water partition coefficient (Wildman–Crippen LogP) is 1.52. The second-order valence-corrected chi connectivity index (χ2v) is 3.46. The molecule has 0 spiro atoms. The van der Waals surface area contributed by atoms with Crippen molar-refractivity contribution in [1.29, 1.82) is 0 Å². The van der Waals surface area contributed by atoms with E-state index in [1.54, 1.807) is 0 Å². The molecule has 1 aromatic carbocycles. The van der Waals surface area contributed by atoms with Gasteiger partial charge in [-0.25, -0.2) is 0 Å². The first-order valence-corrected chi connectivity index (χ1v) is 5.24. The molecule has 0 aliphatic heterocycles. The van der Waals surface area contributed by atoms with Gasteiger partial charge >= 0.3 is 0 Å². The lowest BCUT2D eigenvalue weighted by Gasteiger charge is -2.07. The van der Waals surface area contributed by atoms with Crippen LogP contribution in [0.1, 0.15) is 5.56 Å². The van der Waals surface area contributed by atoms with Gasteiger partial charge in [0.15, 0.2) is 5.78 Å². The maximum absolute atomic E-state index is 11.1. The van der Waals surface area contributed by atoms with Crippen LogP contribution < -0.4 is 5.73 Å². The molecule has 0 fully saturated rings. The maximum Gasteiger partial charge on any atom is 0.160 e. The lowest BCUT2D eigenvalue weighted by molar-refractivity contribution is -0.117. The predicted molar refractivity (Wildman–Crippen MR) is 56.9 cm³/mol. The summed E-state index contributed by atoms with van der Waals surface area (Å²) in [7, 11) is 0. The Balaban J connectivity index is 2.55. The summed E-state index contributed by atoms with van der Waals surface area (Å²) >= 11 is 3.10. The van der Waals surface area contributed by atoms with Crippen molar-refractivity contribution in [3.63, 3.8) is 0 Å². The van der Waals surface area contributed by atoms with Crippen LogP contribution in [0.15, 0.2) is 30.3 Å². The highest BCUT2D eigenvalue weighted by Gasteiger charge is 2.11. The Morgan fingerprint density at radius 1 is 1.38 bits per heavy atom. The zero-order valence-electron chi connectivity index (χ0n) is 7.24. The topological polar surface area (TPSA) is 43.1 Å². The van der Waals surface area contributed by atoms with Gasteiger partial charge in [0.2, 0.25) is 0 Å². The molecular weight excluding hydrogens is 230 g/mol. The third-order valence-electron chi connectivity index (χ3n) is 1.84. The van der Waals surface area contributed by atoms with E-state index in [4.69, 9.17) is 5.73 Å². The Morgan fingerprint density at radius 2 is 2.00 bits per heavy atom. The van der Waals surface area contributed by atoms with E-state index in [9.17, 15) is 4.79 Å². The van der Waals surface area contributed by atoms with Crippen LogP contribution in [-0.4, -0.2) is 17.2 Å². The van der Waals surface area contributed by atoms with E-state index in [1.165, 1.54) is 0 Å². The van der Waals surface area contributed by atoms with Crippen molar-refractivity contribution in [3.05, 3.63) is 35.9 Å². The first-order chi connectivity index (χ1) is 6.24. The summed E-state index contributed by atoms with van der Waals surface area (Å²) in [4.78, 5) is 11.1. The van der Waals surface area contributed by atoms with Crippen LogP contribution in [0.3, 0.4) is 0 Å². The quantitative estimate of drug-likeness (QED) is 0.813. The Labute approximate surface area is 86.3 Å². The van der Waals surface area contributed by atoms with E-state index in [0.29, 0.717) is 11.8 Å². The number of carbonyl (C=O) groups is 1. The summed E-state index contributed by atoms with van der Waals surface area (Å²) in [6.07, 6.45) is 0.616. The Bertz CT molecular complexity index is 274. The third-order valence-corrected chi connectivity index (χ3v) is 2.40. The average molecular weight is 242 g/mol. The monoisotopic (exact) mass is 241 g/mol. The normalized spacial score (nSPS) is 12.5. The highest BCUT2D eigenvalue weighted by molar-refractivity contribution is 9.09. The summed E-state index contributed by atoms with van der Waals surface area (Å²) < 4.78 is 0. The number of rotatable bonds is 4. The fraction of sp³-hybridized carbons (Fsp3) is 0.300. The molecule has 1 aromatic rings. The van der Waals surface area contributed by atoms with Crippen molar-refractivity contribution in [2.45, 2.75) is 12.5 Å². The smallest absolute Gasteiger partial charge is 0.160 e. The summed E-state index contributed by atoms with van der Waals surface area (Å²) in [6, 6.07) is 9.40. The van der Waals surface area contributed by atoms with E-state index in [1.807, 2.05) is 30.3 Å². The van der Waals surface area contributed by atoms with Gasteiger partial charge in [-0.05, 0) is 12.0 Å². The molecule has 1 atom stereocenters. The molecule has 0 bridgehead atoms. The molecular formula is C10H12BrNO. The van der Waals surface area contributed by atoms with Crippen LogP contribution in [0.5, 0.6) is 0 Å². The standard InChI is InChI=1S/C10H12BrNO/c11-7-10(13)9(12)6-8-4-2-1-3-5-8/h1-5,9H,6-7,12H2/t9-/m0/s1. The second kappa shape index (κ2) is 5.14. The van der Waals surface area contributed by atoms with Crippen molar-refractivity contribution in [2.24, 2.45) is 5.73 Å². The van der Waals surface area contributed by atoms with Crippen molar-refractivity contribution < 1.29 is 4.79 Å². The number of ketones is 1. The SMILES string of the molecule is N[C@@H](Cc1ccccc1)C(=O)CBr. The van der Waals surface area contributed by atoms with Gasteiger partial charge in [0.05, 0.1) is 11.4 Å². The van der Waals surface area contributed by atoms with Gasteiger partial charge in [-0.1, -0.05) is 46.3 Å². The van der Waals surface area contributed by atoms with E-state index >= 15 is 0 Å². The molecule has 0 aliphatic carbocycles. The maximum atomic E-state index is 11.1. The van der Waals surface area contributed by atoms with Crippen LogP contribution in [0, 0.1) is 0 Å². The molecule has 0 radical (unpaired) electrons. The van der Waals surface area contributed by atoms with E-state index < -0.39 is 0 Å². The van der Waals surface area contributed by atoms with E-state index in [0.717, 1.165) is 5.56 Å². The number of carbonyl (C=O) groups excluding carboxylic acids is 1. The van der Waals surface area contributed by atoms with Crippen LogP contribution in [0.2, 0.25) is 0 Å². The summed E-state index contributed by atoms with van der Waals surface area (Å²) in [5.74, 6) is 0.0452. The van der Waals surface area contributed by atoms with Gasteiger partial charge < -0.3 is 5.73 Å². The lowest BCUT2D eigenvalue weighted by Crippen LogP contribution is -2.33. The van der Waals surface area contributed by atoms with Gasteiger partial charge in [0, 0.05) is 0 Å². The van der Waals surface area contributed by atoms with Gasteiger partial charge in [0.1, 0.15) is 0 Å². The number of halogens is 1. The minimum absolute atomic E-state index is 0.0452. The van der Waals surface area contributed by atoms with Gasteiger partial charge in [-0.15, -0.1) is 0 Å². The molecule has 13 heavy (non-hydrogen) atoms. The molecule has 0 saturated carbocycles. The number of alkyl halides is 1. The number of benzene rings is 1. The fourth-order valence-electron chi connectivity index (χ4n) is 1.08. The zero-order valence-corrected chi connectivity index (χ0v) is 8.83. The molecule has 3 heteroatoms. The molecule has 0 aliphatic rings. The fourth-order valence-corrected chi connectivity index (χ4v) is 1.50. The summed E-state index contributed by atoms with van der Waals surface area (Å²) in [6.45, 7) is 0. The Hall–Kier alpha value is -0.670. The van der Waals surface area contributed by atoms with Crippen molar-refractivity contribution in [1.82, 2.24) is 0 Å². The average Bonchev–Trinajstić information content (AvgIpc) is 2.18. The number of hydrogen-bond acceptors (Lipinski definition) is 2. The molecule has 0 amide bonds. The molecule has 0 unspecified atom stereocenters. The van der Waals surface area contributed by atoms with E-state index in [2.05, 4.69) is 15.9 Å². The van der Waals surface area contributed by atoms with Crippen molar-refractivity contribution >= 4 is 21.7 Å². The first kappa shape index (κ1) is 10.4. The third kappa shape index (κ3) is 3.28. The van der Waals surface area contributed by atoms with Gasteiger partial charge in [0.25, 0.3) is 0 Å². The highest BCUT2D eigenvalue weighted by atomic mass is 79.9. The largest absolute Gasteiger partial charge is 0.321 e. The highest BCUT2D eigenvalue weighted by Crippen LogP contribution is 2.03. The molecule has 1 rings (SSSR count). The molecule has 2 N–H and O–H groups in total. The summed E-state index contributed by atoms with van der Waals surface area (Å²) in [5.41, 5.74) is 6.78. The molecule has 0 saturated heterocycles.